The molecule has 98 valence electrons. The lowest BCUT2D eigenvalue weighted by atomic mass is 9.83. The Morgan fingerprint density at radius 1 is 1.67 bits per heavy atom. The maximum atomic E-state index is 12.2. The number of carbonyl (C=O) groups is 1. The van der Waals surface area contributed by atoms with Crippen LogP contribution in [0.1, 0.15) is 36.5 Å². The number of Topliss-reactive ketones (excluding diaryl/α,β-unsaturated/α-hetero) is 1. The molecule has 2 atom stereocenters. The molecular weight excluding hydrogens is 226 g/mol. The summed E-state index contributed by atoms with van der Waals surface area (Å²) < 4.78 is 0. The number of hydrogen-bond acceptors (Lipinski definition) is 4. The molecule has 3 N–H and O–H groups in total. The van der Waals surface area contributed by atoms with E-state index in [-0.39, 0.29) is 5.78 Å². The van der Waals surface area contributed by atoms with E-state index in [9.17, 15) is 4.79 Å². The molecule has 0 amide bonds. The van der Waals surface area contributed by atoms with E-state index >= 15 is 0 Å². The fourth-order valence-corrected chi connectivity index (χ4v) is 2.59. The largest absolute Gasteiger partial charge is 0.383 e. The summed E-state index contributed by atoms with van der Waals surface area (Å²) in [5.41, 5.74) is 6.29. The number of anilines is 1. The molecule has 2 unspecified atom stereocenters. The van der Waals surface area contributed by atoms with E-state index in [0.29, 0.717) is 29.6 Å². The van der Waals surface area contributed by atoms with Gasteiger partial charge in [0.05, 0.1) is 5.56 Å². The van der Waals surface area contributed by atoms with Crippen molar-refractivity contribution in [2.24, 2.45) is 11.8 Å². The van der Waals surface area contributed by atoms with Gasteiger partial charge < -0.3 is 11.1 Å². The average molecular weight is 247 g/mol. The Morgan fingerprint density at radius 3 is 3.17 bits per heavy atom. The molecule has 0 bridgehead atoms. The Morgan fingerprint density at radius 2 is 2.50 bits per heavy atom. The van der Waals surface area contributed by atoms with Crippen molar-refractivity contribution in [1.82, 2.24) is 10.3 Å². The Bertz CT molecular complexity index is 413. The molecule has 1 aromatic heterocycles. The standard InChI is InChI=1S/C14H21N3O/c1-10(11-4-2-6-16-9-11)8-13(18)12-5-3-7-17-14(12)15/h3,5,7,10-11,16H,2,4,6,8-9H2,1H3,(H2,15,17). The molecule has 0 aliphatic carbocycles. The number of nitrogen functional groups attached to an aromatic ring is 1. The molecule has 4 nitrogen and oxygen atoms in total. The van der Waals surface area contributed by atoms with Crippen molar-refractivity contribution in [2.45, 2.75) is 26.2 Å². The number of hydrogen-bond donors (Lipinski definition) is 2. The lowest BCUT2D eigenvalue weighted by molar-refractivity contribution is 0.0943. The molecule has 1 aliphatic rings. The molecule has 1 saturated heterocycles. The van der Waals surface area contributed by atoms with E-state index in [4.69, 9.17) is 5.73 Å². The molecular formula is C14H21N3O. The van der Waals surface area contributed by atoms with E-state index in [0.717, 1.165) is 13.1 Å². The van der Waals surface area contributed by atoms with Gasteiger partial charge in [-0.3, -0.25) is 4.79 Å². The molecule has 0 aromatic carbocycles. The number of nitrogens with zero attached hydrogens (tertiary/aromatic N) is 1. The monoisotopic (exact) mass is 247 g/mol. The zero-order chi connectivity index (χ0) is 13.0. The van der Waals surface area contributed by atoms with E-state index in [1.807, 2.05) is 0 Å². The number of piperidine rings is 1. The zero-order valence-corrected chi connectivity index (χ0v) is 10.9. The van der Waals surface area contributed by atoms with Crippen LogP contribution in [0, 0.1) is 11.8 Å². The third-order valence-electron chi connectivity index (χ3n) is 3.79. The van der Waals surface area contributed by atoms with Crippen molar-refractivity contribution in [2.75, 3.05) is 18.8 Å². The molecule has 1 aromatic rings. The number of rotatable bonds is 4. The minimum atomic E-state index is 0.110. The molecule has 1 aliphatic heterocycles. The molecule has 4 heteroatoms. The fourth-order valence-electron chi connectivity index (χ4n) is 2.59. The van der Waals surface area contributed by atoms with Crippen LogP contribution < -0.4 is 11.1 Å². The molecule has 2 rings (SSSR count). The van der Waals surface area contributed by atoms with Gasteiger partial charge in [0.1, 0.15) is 5.82 Å². The van der Waals surface area contributed by atoms with Crippen LogP contribution in [0.15, 0.2) is 18.3 Å². The average Bonchev–Trinajstić information content (AvgIpc) is 2.40. The van der Waals surface area contributed by atoms with Gasteiger partial charge in [-0.2, -0.15) is 0 Å². The summed E-state index contributed by atoms with van der Waals surface area (Å²) in [6.07, 6.45) is 4.59. The van der Waals surface area contributed by atoms with Crippen molar-refractivity contribution in [3.8, 4) is 0 Å². The van der Waals surface area contributed by atoms with E-state index in [2.05, 4.69) is 17.2 Å². The van der Waals surface area contributed by atoms with Crippen molar-refractivity contribution in [3.63, 3.8) is 0 Å². The van der Waals surface area contributed by atoms with Crippen molar-refractivity contribution in [1.29, 1.82) is 0 Å². The number of nitrogens with one attached hydrogen (secondary N) is 1. The Hall–Kier alpha value is -1.42. The third-order valence-corrected chi connectivity index (χ3v) is 3.79. The van der Waals surface area contributed by atoms with Crippen molar-refractivity contribution < 1.29 is 4.79 Å². The zero-order valence-electron chi connectivity index (χ0n) is 10.9. The Kier molecular flexibility index (Phi) is 4.31. The summed E-state index contributed by atoms with van der Waals surface area (Å²) >= 11 is 0. The highest BCUT2D eigenvalue weighted by atomic mass is 16.1. The second-order valence-electron chi connectivity index (χ2n) is 5.15. The van der Waals surface area contributed by atoms with Crippen LogP contribution in [0.2, 0.25) is 0 Å². The van der Waals surface area contributed by atoms with Gasteiger partial charge in [0.15, 0.2) is 5.78 Å². The summed E-state index contributed by atoms with van der Waals surface area (Å²) in [6, 6.07) is 3.52. The van der Waals surface area contributed by atoms with Gasteiger partial charge >= 0.3 is 0 Å². The van der Waals surface area contributed by atoms with Crippen molar-refractivity contribution in [3.05, 3.63) is 23.9 Å². The SMILES string of the molecule is CC(CC(=O)c1cccnc1N)C1CCCNC1. The third kappa shape index (κ3) is 3.07. The maximum Gasteiger partial charge on any atom is 0.166 e. The van der Waals surface area contributed by atoms with Crippen LogP contribution in [0.25, 0.3) is 0 Å². The molecule has 2 heterocycles. The smallest absolute Gasteiger partial charge is 0.166 e. The molecule has 0 saturated carbocycles. The first-order valence-electron chi connectivity index (χ1n) is 6.63. The summed E-state index contributed by atoms with van der Waals surface area (Å²) in [5, 5.41) is 3.39. The Labute approximate surface area is 108 Å². The van der Waals surface area contributed by atoms with Crippen LogP contribution in [0.3, 0.4) is 0 Å². The van der Waals surface area contributed by atoms with Crippen LogP contribution >= 0.6 is 0 Å². The highest BCUT2D eigenvalue weighted by molar-refractivity contribution is 5.99. The molecule has 1 fully saturated rings. The van der Waals surface area contributed by atoms with Gasteiger partial charge in [-0.15, -0.1) is 0 Å². The highest BCUT2D eigenvalue weighted by Crippen LogP contribution is 2.24. The van der Waals surface area contributed by atoms with Gasteiger partial charge in [-0.05, 0) is 49.9 Å². The summed E-state index contributed by atoms with van der Waals surface area (Å²) in [4.78, 5) is 16.1. The first-order valence-corrected chi connectivity index (χ1v) is 6.63. The van der Waals surface area contributed by atoms with Crippen LogP contribution in [-0.4, -0.2) is 23.9 Å². The van der Waals surface area contributed by atoms with Gasteiger partial charge in [0.2, 0.25) is 0 Å². The van der Waals surface area contributed by atoms with Crippen molar-refractivity contribution >= 4 is 11.6 Å². The predicted octanol–water partition coefficient (Wildman–Crippen LogP) is 1.87. The Balaban J connectivity index is 1.96. The lowest BCUT2D eigenvalue weighted by Gasteiger charge is -2.28. The lowest BCUT2D eigenvalue weighted by Crippen LogP contribution is -2.34. The fraction of sp³-hybridized carbons (Fsp3) is 0.571. The van der Waals surface area contributed by atoms with Gasteiger partial charge in [-0.1, -0.05) is 6.92 Å². The minimum Gasteiger partial charge on any atom is -0.383 e. The summed E-state index contributed by atoms with van der Waals surface area (Å²) in [6.45, 7) is 4.28. The van der Waals surface area contributed by atoms with Gasteiger partial charge in [0, 0.05) is 12.6 Å². The quantitative estimate of drug-likeness (QED) is 0.797. The summed E-state index contributed by atoms with van der Waals surface area (Å²) in [7, 11) is 0. The van der Waals surface area contributed by atoms with E-state index in [1.54, 1.807) is 18.3 Å². The van der Waals surface area contributed by atoms with E-state index < -0.39 is 0 Å². The van der Waals surface area contributed by atoms with Crippen LogP contribution in [0.4, 0.5) is 5.82 Å². The number of nitrogens with two attached hydrogens (primary N) is 1. The first-order chi connectivity index (χ1) is 8.68. The first kappa shape index (κ1) is 13.0. The summed E-state index contributed by atoms with van der Waals surface area (Å²) in [5.74, 6) is 1.45. The second-order valence-corrected chi connectivity index (χ2v) is 5.15. The number of carbonyl (C=O) groups excluding carboxylic acids is 1. The predicted molar refractivity (Wildman–Crippen MR) is 72.4 cm³/mol. The van der Waals surface area contributed by atoms with Gasteiger partial charge in [-0.25, -0.2) is 4.98 Å². The number of ketones is 1. The number of aromatic nitrogens is 1. The molecule has 0 radical (unpaired) electrons. The second kappa shape index (κ2) is 5.96. The highest BCUT2D eigenvalue weighted by Gasteiger charge is 2.23. The topological polar surface area (TPSA) is 68.0 Å². The van der Waals surface area contributed by atoms with E-state index in [1.165, 1.54) is 12.8 Å². The minimum absolute atomic E-state index is 0.110. The van der Waals surface area contributed by atoms with Crippen LogP contribution in [-0.2, 0) is 0 Å². The normalized spacial score (nSPS) is 21.5. The molecule has 18 heavy (non-hydrogen) atoms. The van der Waals surface area contributed by atoms with Crippen LogP contribution in [0.5, 0.6) is 0 Å². The van der Waals surface area contributed by atoms with Gasteiger partial charge in [0.25, 0.3) is 0 Å². The maximum absolute atomic E-state index is 12.2. The number of pyridine rings is 1. The molecule has 0 spiro atoms.